The highest BCUT2D eigenvalue weighted by molar-refractivity contribution is 7.86. The third kappa shape index (κ3) is 4.80. The predicted molar refractivity (Wildman–Crippen MR) is 94.8 cm³/mol. The highest BCUT2D eigenvalue weighted by Crippen LogP contribution is 2.23. The van der Waals surface area contributed by atoms with Crippen LogP contribution >= 0.6 is 0 Å². The Labute approximate surface area is 156 Å². The molecule has 2 heterocycles. The van der Waals surface area contributed by atoms with Gasteiger partial charge >= 0.3 is 16.3 Å². The molecular formula is C17H13F3N2O5S. The van der Waals surface area contributed by atoms with E-state index in [0.29, 0.717) is 11.1 Å². The van der Waals surface area contributed by atoms with E-state index >= 15 is 0 Å². The van der Waals surface area contributed by atoms with Crippen molar-refractivity contribution >= 4 is 21.0 Å². The molecule has 0 amide bonds. The average Bonchev–Trinajstić information content (AvgIpc) is 2.59. The van der Waals surface area contributed by atoms with E-state index in [1.165, 1.54) is 42.7 Å². The zero-order chi connectivity index (χ0) is 20.5. The van der Waals surface area contributed by atoms with Gasteiger partial charge in [-0.2, -0.15) is 21.6 Å². The van der Waals surface area contributed by atoms with Gasteiger partial charge in [0.15, 0.2) is 12.0 Å². The molecule has 0 atom stereocenters. The maximum atomic E-state index is 12.7. The molecule has 0 saturated heterocycles. The first-order chi connectivity index (χ1) is 13.0. The van der Waals surface area contributed by atoms with Crippen molar-refractivity contribution in [1.29, 1.82) is 0 Å². The lowest BCUT2D eigenvalue weighted by Crippen LogP contribution is -2.19. The first-order valence-electron chi connectivity index (χ1n) is 7.73. The molecule has 0 saturated carbocycles. The lowest BCUT2D eigenvalue weighted by Gasteiger charge is -2.09. The van der Waals surface area contributed by atoms with E-state index in [1.54, 1.807) is 0 Å². The molecule has 148 valence electrons. The number of hydrogen-bond donors (Lipinski definition) is 1. The summed E-state index contributed by atoms with van der Waals surface area (Å²) in [6.07, 6.45) is -0.959. The standard InChI is InChI=1S/C17H13F3N2O5S/c1-28(24,25)27-11-3-4-12-14(6-11)21-8-13(16(12)23)10-2-5-15(22-7-10)26-9-17(18,19)20/h2-8H,9H2,1H3,(H,21,23). The maximum absolute atomic E-state index is 12.7. The summed E-state index contributed by atoms with van der Waals surface area (Å²) < 4.78 is 68.2. The lowest BCUT2D eigenvalue weighted by molar-refractivity contribution is -0.154. The Morgan fingerprint density at radius 3 is 2.54 bits per heavy atom. The number of nitrogens with zero attached hydrogens (tertiary/aromatic N) is 1. The second-order valence-corrected chi connectivity index (χ2v) is 7.39. The fourth-order valence-electron chi connectivity index (χ4n) is 2.42. The number of fused-ring (bicyclic) bond motifs is 1. The number of nitrogens with one attached hydrogen (secondary N) is 1. The van der Waals surface area contributed by atoms with Crippen molar-refractivity contribution in [2.75, 3.05) is 12.9 Å². The van der Waals surface area contributed by atoms with E-state index in [4.69, 9.17) is 4.18 Å². The minimum absolute atomic E-state index is 0.0474. The summed E-state index contributed by atoms with van der Waals surface area (Å²) in [6, 6.07) is 6.76. The molecule has 3 aromatic rings. The summed E-state index contributed by atoms with van der Waals surface area (Å²) in [5, 5.41) is 0.274. The van der Waals surface area contributed by atoms with Gasteiger partial charge in [0.05, 0.1) is 11.8 Å². The number of alkyl halides is 3. The molecule has 2 aromatic heterocycles. The van der Waals surface area contributed by atoms with Crippen LogP contribution in [0.3, 0.4) is 0 Å². The first-order valence-corrected chi connectivity index (χ1v) is 9.54. The van der Waals surface area contributed by atoms with Gasteiger partial charge in [-0.3, -0.25) is 4.79 Å². The van der Waals surface area contributed by atoms with Crippen molar-refractivity contribution in [2.45, 2.75) is 6.18 Å². The van der Waals surface area contributed by atoms with Gasteiger partial charge in [0.25, 0.3) is 0 Å². The van der Waals surface area contributed by atoms with Gasteiger partial charge in [0.2, 0.25) is 5.88 Å². The van der Waals surface area contributed by atoms with E-state index in [1.807, 2.05) is 0 Å². The predicted octanol–water partition coefficient (Wildman–Crippen LogP) is 2.87. The summed E-state index contributed by atoms with van der Waals surface area (Å²) in [5.74, 6) is -0.174. The number of hydrogen-bond acceptors (Lipinski definition) is 6. The molecule has 0 fully saturated rings. The molecule has 0 spiro atoms. The molecule has 0 unspecified atom stereocenters. The highest BCUT2D eigenvalue weighted by Gasteiger charge is 2.28. The fourth-order valence-corrected chi connectivity index (χ4v) is 2.88. The number of aromatic amines is 1. The second kappa shape index (κ2) is 7.15. The molecule has 11 heteroatoms. The van der Waals surface area contributed by atoms with Gasteiger partial charge in [-0.15, -0.1) is 0 Å². The van der Waals surface area contributed by atoms with E-state index in [9.17, 15) is 26.4 Å². The van der Waals surface area contributed by atoms with Gasteiger partial charge in [0, 0.05) is 41.0 Å². The number of aromatic nitrogens is 2. The van der Waals surface area contributed by atoms with E-state index in [0.717, 1.165) is 6.26 Å². The monoisotopic (exact) mass is 414 g/mol. The van der Waals surface area contributed by atoms with Crippen molar-refractivity contribution in [1.82, 2.24) is 9.97 Å². The summed E-state index contributed by atoms with van der Waals surface area (Å²) in [4.78, 5) is 19.3. The summed E-state index contributed by atoms with van der Waals surface area (Å²) in [6.45, 7) is -1.46. The number of H-pyrrole nitrogens is 1. The summed E-state index contributed by atoms with van der Waals surface area (Å²) >= 11 is 0. The Morgan fingerprint density at radius 2 is 1.93 bits per heavy atom. The smallest absolute Gasteiger partial charge is 0.422 e. The number of pyridine rings is 2. The van der Waals surface area contributed by atoms with E-state index < -0.39 is 22.9 Å². The van der Waals surface area contributed by atoms with Crippen LogP contribution in [-0.4, -0.2) is 37.4 Å². The van der Waals surface area contributed by atoms with Gasteiger partial charge < -0.3 is 13.9 Å². The lowest BCUT2D eigenvalue weighted by atomic mass is 10.1. The van der Waals surface area contributed by atoms with Crippen molar-refractivity contribution in [3.63, 3.8) is 0 Å². The van der Waals surface area contributed by atoms with E-state index in [-0.39, 0.29) is 28.0 Å². The molecular weight excluding hydrogens is 401 g/mol. The van der Waals surface area contributed by atoms with E-state index in [2.05, 4.69) is 14.7 Å². The SMILES string of the molecule is CS(=O)(=O)Oc1ccc2c(=O)c(-c3ccc(OCC(F)(F)F)nc3)c[nH]c2c1. The third-order valence-corrected chi connectivity index (χ3v) is 4.03. The van der Waals surface area contributed by atoms with Crippen LogP contribution in [0.25, 0.3) is 22.0 Å². The highest BCUT2D eigenvalue weighted by atomic mass is 32.2. The minimum atomic E-state index is -4.48. The summed E-state index contributed by atoms with van der Waals surface area (Å²) in [5.41, 5.74) is 0.594. The Kier molecular flexibility index (Phi) is 5.02. The molecule has 0 aliphatic carbocycles. The topological polar surface area (TPSA) is 98.3 Å². The van der Waals surface area contributed by atoms with Crippen molar-refractivity contribution < 1.29 is 30.5 Å². The number of ether oxygens (including phenoxy) is 1. The average molecular weight is 414 g/mol. The van der Waals surface area contributed by atoms with Gasteiger partial charge in [0.1, 0.15) is 5.75 Å². The Morgan fingerprint density at radius 1 is 1.18 bits per heavy atom. The maximum Gasteiger partial charge on any atom is 0.422 e. The van der Waals surface area contributed by atoms with Crippen LogP contribution in [0.1, 0.15) is 0 Å². The van der Waals surface area contributed by atoms with Crippen molar-refractivity contribution in [2.24, 2.45) is 0 Å². The van der Waals surface area contributed by atoms with Gasteiger partial charge in [-0.25, -0.2) is 4.98 Å². The van der Waals surface area contributed by atoms with Crippen LogP contribution in [0.2, 0.25) is 0 Å². The Hall–Kier alpha value is -3.08. The Bertz CT molecular complexity index is 1170. The molecule has 1 aromatic carbocycles. The molecule has 7 nitrogen and oxygen atoms in total. The zero-order valence-electron chi connectivity index (χ0n) is 14.3. The zero-order valence-corrected chi connectivity index (χ0v) is 15.1. The largest absolute Gasteiger partial charge is 0.468 e. The van der Waals surface area contributed by atoms with Crippen molar-refractivity contribution in [3.8, 4) is 22.8 Å². The normalized spacial score (nSPS) is 12.1. The summed E-state index contributed by atoms with van der Waals surface area (Å²) in [7, 11) is -3.71. The van der Waals surface area contributed by atoms with Crippen LogP contribution in [0.5, 0.6) is 11.6 Å². The van der Waals surface area contributed by atoms with Crippen LogP contribution in [0.15, 0.2) is 47.5 Å². The molecule has 3 rings (SSSR count). The Balaban J connectivity index is 1.90. The molecule has 28 heavy (non-hydrogen) atoms. The second-order valence-electron chi connectivity index (χ2n) is 5.82. The van der Waals surface area contributed by atoms with Crippen LogP contribution in [0.4, 0.5) is 13.2 Å². The number of halogens is 3. The van der Waals surface area contributed by atoms with Crippen LogP contribution in [0, 0.1) is 0 Å². The van der Waals surface area contributed by atoms with Crippen LogP contribution in [-0.2, 0) is 10.1 Å². The third-order valence-electron chi connectivity index (χ3n) is 3.53. The number of benzene rings is 1. The molecule has 0 radical (unpaired) electrons. The molecule has 0 aliphatic rings. The van der Waals surface area contributed by atoms with Crippen LogP contribution < -0.4 is 14.3 Å². The molecule has 0 aliphatic heterocycles. The molecule has 1 N–H and O–H groups in total. The first kappa shape index (κ1) is 19.7. The quantitative estimate of drug-likeness (QED) is 0.645. The van der Waals surface area contributed by atoms with Crippen molar-refractivity contribution in [3.05, 3.63) is 52.9 Å². The fraction of sp³-hybridized carbons (Fsp3) is 0.176. The minimum Gasteiger partial charge on any atom is -0.468 e. The number of rotatable bonds is 5. The molecule has 0 bridgehead atoms. The van der Waals surface area contributed by atoms with Gasteiger partial charge in [-0.1, -0.05) is 0 Å². The van der Waals surface area contributed by atoms with Gasteiger partial charge in [-0.05, 0) is 18.2 Å².